The lowest BCUT2D eigenvalue weighted by Gasteiger charge is -2.12. The number of rotatable bonds is 7. The molecule has 34 heavy (non-hydrogen) atoms. The van der Waals surface area contributed by atoms with Crippen LogP contribution in [0.4, 0.5) is 0 Å². The maximum absolute atomic E-state index is 13.2. The fourth-order valence-corrected chi connectivity index (χ4v) is 4.81. The van der Waals surface area contributed by atoms with Gasteiger partial charge in [0.25, 0.3) is 11.1 Å². The molecular formula is C25H22N4O4S. The average Bonchev–Trinajstić information content (AvgIpc) is 3.27. The van der Waals surface area contributed by atoms with E-state index in [4.69, 9.17) is 9.47 Å². The van der Waals surface area contributed by atoms with Gasteiger partial charge in [-0.15, -0.1) is 11.3 Å². The SMILES string of the molecule is CCOc1ccc(-c2csc3c(=O)n(Cc4cc(=O)n5ccccc5n4)cnc23)cc1OCC. The fourth-order valence-electron chi connectivity index (χ4n) is 3.84. The van der Waals surface area contributed by atoms with Crippen LogP contribution in [0.5, 0.6) is 11.5 Å². The molecule has 5 aromatic rings. The van der Waals surface area contributed by atoms with Gasteiger partial charge < -0.3 is 9.47 Å². The third-order valence-corrected chi connectivity index (χ3v) is 6.31. The van der Waals surface area contributed by atoms with Crippen molar-refractivity contribution in [2.75, 3.05) is 13.2 Å². The molecule has 4 aromatic heterocycles. The minimum atomic E-state index is -0.193. The van der Waals surface area contributed by atoms with Crippen LogP contribution in [0.1, 0.15) is 19.5 Å². The van der Waals surface area contributed by atoms with E-state index >= 15 is 0 Å². The Morgan fingerprint density at radius 3 is 2.65 bits per heavy atom. The zero-order valence-corrected chi connectivity index (χ0v) is 19.5. The molecule has 0 saturated heterocycles. The van der Waals surface area contributed by atoms with Crippen molar-refractivity contribution in [2.24, 2.45) is 0 Å². The number of benzene rings is 1. The Labute approximate surface area is 198 Å². The third kappa shape index (κ3) is 3.94. The molecule has 5 rings (SSSR count). The first-order valence-electron chi connectivity index (χ1n) is 10.9. The van der Waals surface area contributed by atoms with Crippen molar-refractivity contribution in [1.29, 1.82) is 0 Å². The van der Waals surface area contributed by atoms with E-state index in [2.05, 4.69) is 9.97 Å². The predicted octanol–water partition coefficient (Wildman–Crippen LogP) is 3.98. The molecule has 0 radical (unpaired) electrons. The highest BCUT2D eigenvalue weighted by Gasteiger charge is 2.15. The van der Waals surface area contributed by atoms with E-state index in [9.17, 15) is 9.59 Å². The Morgan fingerprint density at radius 2 is 1.82 bits per heavy atom. The summed E-state index contributed by atoms with van der Waals surface area (Å²) in [6, 6.07) is 12.5. The largest absolute Gasteiger partial charge is 0.490 e. The van der Waals surface area contributed by atoms with Gasteiger partial charge in [-0.3, -0.25) is 18.6 Å². The summed E-state index contributed by atoms with van der Waals surface area (Å²) in [7, 11) is 0. The molecule has 1 aromatic carbocycles. The minimum Gasteiger partial charge on any atom is -0.490 e. The Kier molecular flexibility index (Phi) is 5.85. The predicted molar refractivity (Wildman–Crippen MR) is 132 cm³/mol. The maximum Gasteiger partial charge on any atom is 0.271 e. The molecule has 4 heterocycles. The van der Waals surface area contributed by atoms with Crippen LogP contribution in [0, 0.1) is 0 Å². The average molecular weight is 475 g/mol. The third-order valence-electron chi connectivity index (χ3n) is 5.36. The molecular weight excluding hydrogens is 452 g/mol. The molecule has 172 valence electrons. The highest BCUT2D eigenvalue weighted by Crippen LogP contribution is 2.36. The number of hydrogen-bond donors (Lipinski definition) is 0. The summed E-state index contributed by atoms with van der Waals surface area (Å²) in [5, 5.41) is 1.93. The molecule has 0 fully saturated rings. The van der Waals surface area contributed by atoms with Crippen molar-refractivity contribution in [3.05, 3.63) is 86.8 Å². The van der Waals surface area contributed by atoms with Crippen molar-refractivity contribution in [2.45, 2.75) is 20.4 Å². The van der Waals surface area contributed by atoms with Crippen molar-refractivity contribution in [1.82, 2.24) is 18.9 Å². The Balaban J connectivity index is 1.52. The van der Waals surface area contributed by atoms with Crippen molar-refractivity contribution >= 4 is 27.2 Å². The monoisotopic (exact) mass is 474 g/mol. The van der Waals surface area contributed by atoms with E-state index in [0.29, 0.717) is 46.3 Å². The molecule has 0 atom stereocenters. The first-order chi connectivity index (χ1) is 16.6. The van der Waals surface area contributed by atoms with E-state index in [1.807, 2.05) is 43.5 Å². The van der Waals surface area contributed by atoms with Crippen LogP contribution in [0.2, 0.25) is 0 Å². The zero-order valence-electron chi connectivity index (χ0n) is 18.7. The molecule has 0 aliphatic rings. The summed E-state index contributed by atoms with van der Waals surface area (Å²) in [6.07, 6.45) is 3.17. The van der Waals surface area contributed by atoms with Crippen LogP contribution < -0.4 is 20.6 Å². The molecule has 0 N–H and O–H groups in total. The molecule has 0 aliphatic carbocycles. The molecule has 9 heteroatoms. The standard InChI is InChI=1S/C25H22N4O4S/c1-3-32-19-9-8-16(11-20(19)33-4-2)18-14-34-24-23(18)26-15-28(25(24)31)13-17-12-22(30)29-10-6-5-7-21(29)27-17/h5-12,14-15H,3-4,13H2,1-2H3. The second kappa shape index (κ2) is 9.11. The van der Waals surface area contributed by atoms with E-state index < -0.39 is 0 Å². The van der Waals surface area contributed by atoms with Gasteiger partial charge in [0, 0.05) is 23.2 Å². The van der Waals surface area contributed by atoms with E-state index in [0.717, 1.165) is 11.1 Å². The summed E-state index contributed by atoms with van der Waals surface area (Å²) in [5.74, 6) is 1.34. The van der Waals surface area contributed by atoms with Gasteiger partial charge in [-0.25, -0.2) is 9.97 Å². The van der Waals surface area contributed by atoms with Crippen LogP contribution in [0.15, 0.2) is 70.0 Å². The number of ether oxygens (including phenoxy) is 2. The Bertz CT molecular complexity index is 1620. The summed E-state index contributed by atoms with van der Waals surface area (Å²) >= 11 is 1.35. The van der Waals surface area contributed by atoms with Gasteiger partial charge in [-0.1, -0.05) is 12.1 Å². The Hall–Kier alpha value is -3.98. The summed E-state index contributed by atoms with van der Waals surface area (Å²) in [4.78, 5) is 34.7. The van der Waals surface area contributed by atoms with Crippen LogP contribution in [0.3, 0.4) is 0 Å². The number of thiophene rings is 1. The molecule has 0 spiro atoms. The van der Waals surface area contributed by atoms with Gasteiger partial charge in [0.05, 0.1) is 37.3 Å². The van der Waals surface area contributed by atoms with Crippen LogP contribution >= 0.6 is 11.3 Å². The highest BCUT2D eigenvalue weighted by atomic mass is 32.1. The lowest BCUT2D eigenvalue weighted by molar-refractivity contribution is 0.288. The van der Waals surface area contributed by atoms with Gasteiger partial charge in [0.15, 0.2) is 11.5 Å². The molecule has 0 saturated carbocycles. The second-order valence-electron chi connectivity index (χ2n) is 7.55. The molecule has 8 nitrogen and oxygen atoms in total. The van der Waals surface area contributed by atoms with E-state index in [1.165, 1.54) is 32.7 Å². The number of pyridine rings is 1. The lowest BCUT2D eigenvalue weighted by atomic mass is 10.1. The Morgan fingerprint density at radius 1 is 1.00 bits per heavy atom. The summed E-state index contributed by atoms with van der Waals surface area (Å²) in [6.45, 7) is 5.07. The molecule has 0 bridgehead atoms. The van der Waals surface area contributed by atoms with Gasteiger partial charge in [0.1, 0.15) is 10.3 Å². The smallest absolute Gasteiger partial charge is 0.271 e. The summed E-state index contributed by atoms with van der Waals surface area (Å²) in [5.41, 5.74) is 3.05. The number of nitrogens with zero attached hydrogens (tertiary/aromatic N) is 4. The summed E-state index contributed by atoms with van der Waals surface area (Å²) < 4.78 is 14.9. The van der Waals surface area contributed by atoms with Crippen molar-refractivity contribution in [3.63, 3.8) is 0 Å². The first kappa shape index (κ1) is 21.8. The van der Waals surface area contributed by atoms with Crippen molar-refractivity contribution < 1.29 is 9.47 Å². The van der Waals surface area contributed by atoms with Crippen LogP contribution in [-0.2, 0) is 6.54 Å². The van der Waals surface area contributed by atoms with Gasteiger partial charge in [-0.2, -0.15) is 0 Å². The van der Waals surface area contributed by atoms with Crippen LogP contribution in [0.25, 0.3) is 27.0 Å². The highest BCUT2D eigenvalue weighted by molar-refractivity contribution is 7.17. The lowest BCUT2D eigenvalue weighted by Crippen LogP contribution is -2.23. The molecule has 0 amide bonds. The molecule has 0 unspecified atom stereocenters. The first-order valence-corrected chi connectivity index (χ1v) is 11.8. The number of hydrogen-bond acceptors (Lipinski definition) is 7. The fraction of sp³-hybridized carbons (Fsp3) is 0.200. The van der Waals surface area contributed by atoms with Crippen LogP contribution in [-0.4, -0.2) is 32.1 Å². The maximum atomic E-state index is 13.2. The topological polar surface area (TPSA) is 87.7 Å². The number of fused-ring (bicyclic) bond motifs is 2. The van der Waals surface area contributed by atoms with Gasteiger partial charge >= 0.3 is 0 Å². The normalized spacial score (nSPS) is 11.2. The second-order valence-corrected chi connectivity index (χ2v) is 8.43. The molecule has 0 aliphatic heterocycles. The quantitative estimate of drug-likeness (QED) is 0.355. The zero-order chi connectivity index (χ0) is 23.7. The minimum absolute atomic E-state index is 0.160. The number of aromatic nitrogens is 4. The van der Waals surface area contributed by atoms with Gasteiger partial charge in [0.2, 0.25) is 0 Å². The van der Waals surface area contributed by atoms with Crippen molar-refractivity contribution in [3.8, 4) is 22.6 Å². The van der Waals surface area contributed by atoms with Gasteiger partial charge in [-0.05, 0) is 43.7 Å². The van der Waals surface area contributed by atoms with E-state index in [1.54, 1.807) is 18.3 Å². The van der Waals surface area contributed by atoms with E-state index in [-0.39, 0.29) is 17.7 Å².